The largest absolute Gasteiger partial charge is 0.347 e. The van der Waals surface area contributed by atoms with Gasteiger partial charge in [0, 0.05) is 12.8 Å². The molecule has 0 aromatic rings. The van der Waals surface area contributed by atoms with Crippen molar-refractivity contribution < 1.29 is 9.47 Å². The molecule has 0 N–H and O–H groups in total. The molecule has 0 aromatic heterocycles. The lowest BCUT2D eigenvalue weighted by Crippen LogP contribution is -2.31. The maximum Gasteiger partial charge on any atom is 0.169 e. The molecule has 0 atom stereocenters. The van der Waals surface area contributed by atoms with Gasteiger partial charge in [-0.25, -0.2) is 0 Å². The molecule has 1 aliphatic carbocycles. The van der Waals surface area contributed by atoms with E-state index in [1.807, 2.05) is 0 Å². The molecule has 2 fully saturated rings. The molecule has 57 valence electrons. The van der Waals surface area contributed by atoms with Gasteiger partial charge < -0.3 is 9.47 Å². The van der Waals surface area contributed by atoms with Crippen LogP contribution in [0.15, 0.2) is 0 Å². The lowest BCUT2D eigenvalue weighted by molar-refractivity contribution is -0.169. The summed E-state index contributed by atoms with van der Waals surface area (Å²) < 4.78 is 10.9. The fourth-order valence-electron chi connectivity index (χ4n) is 1.76. The van der Waals surface area contributed by atoms with Crippen molar-refractivity contribution >= 4 is 0 Å². The quantitative estimate of drug-likeness (QED) is 0.512. The number of hydrogen-bond acceptors (Lipinski definition) is 2. The van der Waals surface area contributed by atoms with Crippen LogP contribution in [0.25, 0.3) is 0 Å². The summed E-state index contributed by atoms with van der Waals surface area (Å²) in [5.41, 5.74) is 0. The predicted octanol–water partition coefficient (Wildman–Crippen LogP) is 1.86. The molecule has 1 spiro atoms. The van der Waals surface area contributed by atoms with Gasteiger partial charge in [-0.15, -0.1) is 0 Å². The van der Waals surface area contributed by atoms with E-state index in [4.69, 9.17) is 9.47 Å². The van der Waals surface area contributed by atoms with Crippen molar-refractivity contribution in [3.63, 3.8) is 0 Å². The lowest BCUT2D eigenvalue weighted by atomic mass is 9.94. The number of hydrogen-bond donors (Lipinski definition) is 0. The SMILES string of the molecule is [CH]1COC2(CCCCC2)O1. The van der Waals surface area contributed by atoms with Crippen LogP contribution in [-0.4, -0.2) is 12.4 Å². The van der Waals surface area contributed by atoms with Gasteiger partial charge in [-0.3, -0.25) is 0 Å². The van der Waals surface area contributed by atoms with E-state index in [0.29, 0.717) is 6.61 Å². The van der Waals surface area contributed by atoms with Gasteiger partial charge in [0.2, 0.25) is 0 Å². The highest BCUT2D eigenvalue weighted by Gasteiger charge is 2.37. The van der Waals surface area contributed by atoms with E-state index < -0.39 is 0 Å². The Balaban J connectivity index is 1.98. The summed E-state index contributed by atoms with van der Waals surface area (Å²) in [4.78, 5) is 0. The maximum atomic E-state index is 5.50. The third-order valence-corrected chi connectivity index (χ3v) is 2.33. The molecule has 1 heterocycles. The third-order valence-electron chi connectivity index (χ3n) is 2.33. The molecule has 1 saturated carbocycles. The zero-order valence-corrected chi connectivity index (χ0v) is 6.14. The number of rotatable bonds is 0. The molecular weight excluding hydrogens is 128 g/mol. The van der Waals surface area contributed by atoms with Gasteiger partial charge in [0.25, 0.3) is 0 Å². The minimum absolute atomic E-state index is 0.182. The average molecular weight is 141 g/mol. The second kappa shape index (κ2) is 2.51. The summed E-state index contributed by atoms with van der Waals surface area (Å²) in [5, 5.41) is 0. The average Bonchev–Trinajstić information content (AvgIpc) is 2.39. The van der Waals surface area contributed by atoms with Gasteiger partial charge in [-0.2, -0.15) is 0 Å². The minimum atomic E-state index is -0.182. The van der Waals surface area contributed by atoms with Gasteiger partial charge in [0.1, 0.15) is 6.61 Å². The van der Waals surface area contributed by atoms with Crippen LogP contribution in [0, 0.1) is 6.61 Å². The molecule has 2 heteroatoms. The van der Waals surface area contributed by atoms with E-state index in [1.54, 1.807) is 6.61 Å². The highest BCUT2D eigenvalue weighted by molar-refractivity contribution is 4.81. The first kappa shape index (κ1) is 6.62. The summed E-state index contributed by atoms with van der Waals surface area (Å²) in [6, 6.07) is 0. The van der Waals surface area contributed by atoms with Crippen LogP contribution in [0.5, 0.6) is 0 Å². The molecule has 0 amide bonds. The lowest BCUT2D eigenvalue weighted by Gasteiger charge is -2.30. The molecule has 2 rings (SSSR count). The fourth-order valence-corrected chi connectivity index (χ4v) is 1.76. The highest BCUT2D eigenvalue weighted by Crippen LogP contribution is 2.36. The van der Waals surface area contributed by atoms with Crippen LogP contribution in [-0.2, 0) is 9.47 Å². The topological polar surface area (TPSA) is 18.5 Å². The Hall–Kier alpha value is -0.0800. The molecule has 1 saturated heterocycles. The van der Waals surface area contributed by atoms with E-state index in [0.717, 1.165) is 12.8 Å². The monoisotopic (exact) mass is 141 g/mol. The standard InChI is InChI=1S/C8H13O2/c1-2-4-8(5-3-1)9-6-7-10-8/h6H,1-5,7H2. The van der Waals surface area contributed by atoms with E-state index in [1.165, 1.54) is 19.3 Å². The van der Waals surface area contributed by atoms with Crippen LogP contribution < -0.4 is 0 Å². The minimum Gasteiger partial charge on any atom is -0.347 e. The molecule has 0 bridgehead atoms. The van der Waals surface area contributed by atoms with Gasteiger partial charge in [0.15, 0.2) is 5.79 Å². The molecule has 1 aliphatic heterocycles. The fraction of sp³-hybridized carbons (Fsp3) is 0.875. The van der Waals surface area contributed by atoms with E-state index >= 15 is 0 Å². The first-order chi connectivity index (χ1) is 4.91. The molecule has 0 aromatic carbocycles. The third kappa shape index (κ3) is 1.06. The smallest absolute Gasteiger partial charge is 0.169 e. The van der Waals surface area contributed by atoms with Crippen molar-refractivity contribution in [3.8, 4) is 0 Å². The molecule has 0 unspecified atom stereocenters. The van der Waals surface area contributed by atoms with Crippen molar-refractivity contribution in [3.05, 3.63) is 6.61 Å². The Labute approximate surface area is 61.5 Å². The molecular formula is C8H13O2. The first-order valence-corrected chi connectivity index (χ1v) is 4.05. The van der Waals surface area contributed by atoms with E-state index in [2.05, 4.69) is 0 Å². The Kier molecular flexibility index (Phi) is 1.66. The summed E-state index contributed by atoms with van der Waals surface area (Å²) >= 11 is 0. The number of ether oxygens (including phenoxy) is 2. The molecule has 2 nitrogen and oxygen atoms in total. The van der Waals surface area contributed by atoms with Gasteiger partial charge in [-0.1, -0.05) is 6.42 Å². The van der Waals surface area contributed by atoms with Crippen LogP contribution in [0.1, 0.15) is 32.1 Å². The predicted molar refractivity (Wildman–Crippen MR) is 37.2 cm³/mol. The highest BCUT2D eigenvalue weighted by atomic mass is 16.7. The van der Waals surface area contributed by atoms with Crippen molar-refractivity contribution in [1.29, 1.82) is 0 Å². The second-order valence-corrected chi connectivity index (χ2v) is 3.07. The van der Waals surface area contributed by atoms with Crippen LogP contribution >= 0.6 is 0 Å². The Morgan fingerprint density at radius 3 is 2.50 bits per heavy atom. The maximum absolute atomic E-state index is 5.50. The van der Waals surface area contributed by atoms with E-state index in [-0.39, 0.29) is 5.79 Å². The zero-order valence-electron chi connectivity index (χ0n) is 6.14. The van der Waals surface area contributed by atoms with Crippen molar-refractivity contribution in [1.82, 2.24) is 0 Å². The normalized spacial score (nSPS) is 31.2. The zero-order chi connectivity index (χ0) is 6.86. The Morgan fingerprint density at radius 1 is 1.10 bits per heavy atom. The van der Waals surface area contributed by atoms with Crippen molar-refractivity contribution in [2.75, 3.05) is 6.61 Å². The van der Waals surface area contributed by atoms with Crippen molar-refractivity contribution in [2.45, 2.75) is 37.9 Å². The van der Waals surface area contributed by atoms with Crippen molar-refractivity contribution in [2.24, 2.45) is 0 Å². The van der Waals surface area contributed by atoms with Crippen LogP contribution in [0.2, 0.25) is 0 Å². The molecule has 10 heavy (non-hydrogen) atoms. The second-order valence-electron chi connectivity index (χ2n) is 3.07. The summed E-state index contributed by atoms with van der Waals surface area (Å²) in [6.45, 7) is 2.46. The Bertz CT molecular complexity index is 108. The summed E-state index contributed by atoms with van der Waals surface area (Å²) in [6.07, 6.45) is 6.03. The van der Waals surface area contributed by atoms with Crippen LogP contribution in [0.3, 0.4) is 0 Å². The van der Waals surface area contributed by atoms with Gasteiger partial charge in [-0.05, 0) is 12.8 Å². The summed E-state index contributed by atoms with van der Waals surface area (Å²) in [7, 11) is 0. The van der Waals surface area contributed by atoms with Gasteiger partial charge >= 0.3 is 0 Å². The van der Waals surface area contributed by atoms with E-state index in [9.17, 15) is 0 Å². The summed E-state index contributed by atoms with van der Waals surface area (Å²) in [5.74, 6) is -0.182. The molecule has 1 radical (unpaired) electrons. The first-order valence-electron chi connectivity index (χ1n) is 4.05. The van der Waals surface area contributed by atoms with Gasteiger partial charge in [0.05, 0.1) is 6.61 Å². The molecule has 2 aliphatic rings. The Morgan fingerprint density at radius 2 is 1.90 bits per heavy atom. The van der Waals surface area contributed by atoms with Crippen LogP contribution in [0.4, 0.5) is 0 Å².